The Hall–Kier alpha value is -7.23. The highest BCUT2D eigenvalue weighted by molar-refractivity contribution is 5.95. The van der Waals surface area contributed by atoms with Crippen molar-refractivity contribution in [3.8, 4) is 67.5 Å². The normalized spacial score (nSPS) is 12.5. The molecule has 57 heavy (non-hydrogen) atoms. The number of fused-ring (bicyclic) bond motifs is 3. The summed E-state index contributed by atoms with van der Waals surface area (Å²) in [4.78, 5) is 14.7. The molecule has 0 bridgehead atoms. The van der Waals surface area contributed by atoms with Gasteiger partial charge in [0.15, 0.2) is 17.5 Å². The van der Waals surface area contributed by atoms with Crippen LogP contribution in [-0.2, 0) is 5.41 Å². The topological polar surface area (TPSA) is 38.7 Å². The second-order valence-corrected chi connectivity index (χ2v) is 14.9. The van der Waals surface area contributed by atoms with Crippen molar-refractivity contribution in [1.82, 2.24) is 15.0 Å². The van der Waals surface area contributed by atoms with Gasteiger partial charge in [-0.2, -0.15) is 0 Å². The van der Waals surface area contributed by atoms with Crippen LogP contribution in [0.2, 0.25) is 0 Å². The second kappa shape index (κ2) is 14.1. The summed E-state index contributed by atoms with van der Waals surface area (Å²) in [6.45, 7) is 4.32. The van der Waals surface area contributed by atoms with Crippen LogP contribution in [0.1, 0.15) is 33.4 Å². The van der Waals surface area contributed by atoms with Crippen LogP contribution in [0.25, 0.3) is 67.5 Å². The van der Waals surface area contributed by atoms with Gasteiger partial charge in [-0.05, 0) is 69.5 Å². The first-order valence-corrected chi connectivity index (χ1v) is 19.5. The number of nitrogens with zero attached hydrogens (tertiary/aromatic N) is 3. The van der Waals surface area contributed by atoms with Crippen LogP contribution < -0.4 is 0 Å². The van der Waals surface area contributed by atoms with Crippen molar-refractivity contribution in [2.24, 2.45) is 0 Å². The minimum absolute atomic E-state index is 0.437. The SMILES string of the molecule is Cc1ccc(C2(c3ccc(C)cc3)c3ccccc3-c3c(-c4ccc(-c5ccc(-c6nc(-c7ccccc7)nc(-c7ccccc7)n6)cc5)cc4)cccc32)cc1. The molecule has 8 aromatic carbocycles. The number of hydrogen-bond acceptors (Lipinski definition) is 3. The molecule has 1 aliphatic carbocycles. The van der Waals surface area contributed by atoms with Gasteiger partial charge in [-0.15, -0.1) is 0 Å². The van der Waals surface area contributed by atoms with Crippen molar-refractivity contribution in [3.63, 3.8) is 0 Å². The first-order valence-electron chi connectivity index (χ1n) is 19.5. The summed E-state index contributed by atoms with van der Waals surface area (Å²) in [7, 11) is 0. The summed E-state index contributed by atoms with van der Waals surface area (Å²) >= 11 is 0. The maximum atomic E-state index is 4.93. The smallest absolute Gasteiger partial charge is 0.164 e. The fourth-order valence-electron chi connectivity index (χ4n) is 8.56. The summed E-state index contributed by atoms with van der Waals surface area (Å²) < 4.78 is 0. The summed E-state index contributed by atoms with van der Waals surface area (Å²) in [5.74, 6) is 1.96. The van der Waals surface area contributed by atoms with Crippen LogP contribution >= 0.6 is 0 Å². The maximum absolute atomic E-state index is 4.93. The van der Waals surface area contributed by atoms with Gasteiger partial charge in [-0.3, -0.25) is 0 Å². The van der Waals surface area contributed by atoms with E-state index in [4.69, 9.17) is 15.0 Å². The zero-order chi connectivity index (χ0) is 38.3. The van der Waals surface area contributed by atoms with E-state index in [1.165, 1.54) is 55.6 Å². The number of aromatic nitrogens is 3. The van der Waals surface area contributed by atoms with E-state index in [1.54, 1.807) is 0 Å². The van der Waals surface area contributed by atoms with Crippen molar-refractivity contribution in [3.05, 3.63) is 234 Å². The molecule has 0 spiro atoms. The van der Waals surface area contributed by atoms with Crippen LogP contribution in [-0.4, -0.2) is 15.0 Å². The fourth-order valence-corrected chi connectivity index (χ4v) is 8.56. The van der Waals surface area contributed by atoms with E-state index in [9.17, 15) is 0 Å². The molecule has 1 heterocycles. The monoisotopic (exact) mass is 729 g/mol. The maximum Gasteiger partial charge on any atom is 0.164 e. The molecule has 0 unspecified atom stereocenters. The van der Waals surface area contributed by atoms with Gasteiger partial charge in [0.05, 0.1) is 5.41 Å². The zero-order valence-corrected chi connectivity index (χ0v) is 31.9. The summed E-state index contributed by atoms with van der Waals surface area (Å²) in [5, 5.41) is 0. The Morgan fingerprint density at radius 2 is 0.684 bits per heavy atom. The molecule has 10 rings (SSSR count). The highest BCUT2D eigenvalue weighted by atomic mass is 15.0. The number of hydrogen-bond donors (Lipinski definition) is 0. The van der Waals surface area contributed by atoms with E-state index >= 15 is 0 Å². The van der Waals surface area contributed by atoms with E-state index in [-0.39, 0.29) is 0 Å². The molecule has 0 amide bonds. The van der Waals surface area contributed by atoms with Gasteiger partial charge in [0.1, 0.15) is 0 Å². The molecule has 1 aromatic heterocycles. The Balaban J connectivity index is 1.03. The highest BCUT2D eigenvalue weighted by Gasteiger charge is 2.46. The van der Waals surface area contributed by atoms with Crippen molar-refractivity contribution in [1.29, 1.82) is 0 Å². The average Bonchev–Trinajstić information content (AvgIpc) is 3.59. The molecule has 0 saturated heterocycles. The number of benzene rings is 8. The van der Waals surface area contributed by atoms with Crippen LogP contribution in [0.4, 0.5) is 0 Å². The lowest BCUT2D eigenvalue weighted by molar-refractivity contribution is 0.767. The van der Waals surface area contributed by atoms with E-state index in [1.807, 2.05) is 60.7 Å². The summed E-state index contributed by atoms with van der Waals surface area (Å²) in [5.41, 5.74) is 17.4. The van der Waals surface area contributed by atoms with Crippen molar-refractivity contribution >= 4 is 0 Å². The molecular weight excluding hydrogens is 691 g/mol. The molecule has 3 nitrogen and oxygen atoms in total. The minimum atomic E-state index is -0.437. The predicted molar refractivity (Wildman–Crippen MR) is 234 cm³/mol. The van der Waals surface area contributed by atoms with Gasteiger partial charge in [0.25, 0.3) is 0 Å². The largest absolute Gasteiger partial charge is 0.208 e. The lowest BCUT2D eigenvalue weighted by Gasteiger charge is -2.34. The summed E-state index contributed by atoms with van der Waals surface area (Å²) in [6, 6.07) is 71.8. The molecule has 0 atom stereocenters. The third-order valence-electron chi connectivity index (χ3n) is 11.4. The first-order chi connectivity index (χ1) is 28.1. The lowest BCUT2D eigenvalue weighted by Crippen LogP contribution is -2.28. The number of rotatable bonds is 7. The van der Waals surface area contributed by atoms with Gasteiger partial charge in [-0.25, -0.2) is 15.0 Å². The molecule has 0 N–H and O–H groups in total. The van der Waals surface area contributed by atoms with Crippen LogP contribution in [0.5, 0.6) is 0 Å². The first kappa shape index (κ1) is 34.3. The Labute approximate surface area is 334 Å². The van der Waals surface area contributed by atoms with Crippen LogP contribution in [0, 0.1) is 13.8 Å². The quantitative estimate of drug-likeness (QED) is 0.164. The standard InChI is InChI=1S/C54H39N3/c1-36-20-32-44(33-21-36)54(45-34-22-37(2)23-35-45)48-18-10-9-16-47(48)50-46(17-11-19-49(50)54)40-28-24-38(25-29-40)39-26-30-43(31-27-39)53-56-51(41-12-5-3-6-13-41)55-52(57-53)42-14-7-4-8-15-42/h3-35H,1-2H3. The van der Waals surface area contributed by atoms with Crippen LogP contribution in [0.3, 0.4) is 0 Å². The molecular formula is C54H39N3. The zero-order valence-electron chi connectivity index (χ0n) is 31.9. The van der Waals surface area contributed by atoms with Gasteiger partial charge in [0.2, 0.25) is 0 Å². The van der Waals surface area contributed by atoms with E-state index in [0.29, 0.717) is 17.5 Å². The Kier molecular flexibility index (Phi) is 8.49. The molecule has 0 fully saturated rings. The Morgan fingerprint density at radius 3 is 1.19 bits per heavy atom. The third kappa shape index (κ3) is 5.96. The van der Waals surface area contributed by atoms with Crippen molar-refractivity contribution in [2.45, 2.75) is 19.3 Å². The van der Waals surface area contributed by atoms with Gasteiger partial charge >= 0.3 is 0 Å². The lowest BCUT2D eigenvalue weighted by atomic mass is 9.67. The van der Waals surface area contributed by atoms with E-state index < -0.39 is 5.41 Å². The minimum Gasteiger partial charge on any atom is -0.208 e. The van der Waals surface area contributed by atoms with Gasteiger partial charge in [0, 0.05) is 16.7 Å². The Morgan fingerprint density at radius 1 is 0.298 bits per heavy atom. The summed E-state index contributed by atoms with van der Waals surface area (Å²) in [6.07, 6.45) is 0. The Bertz CT molecular complexity index is 2760. The fraction of sp³-hybridized carbons (Fsp3) is 0.0556. The molecule has 9 aromatic rings. The average molecular weight is 730 g/mol. The molecule has 0 saturated carbocycles. The van der Waals surface area contributed by atoms with Crippen molar-refractivity contribution in [2.75, 3.05) is 0 Å². The molecule has 0 radical (unpaired) electrons. The highest BCUT2D eigenvalue weighted by Crippen LogP contribution is 2.58. The number of aryl methyl sites for hydroxylation is 2. The van der Waals surface area contributed by atoms with E-state index in [2.05, 4.69) is 153 Å². The molecule has 270 valence electrons. The third-order valence-corrected chi connectivity index (χ3v) is 11.4. The predicted octanol–water partition coefficient (Wildman–Crippen LogP) is 13.2. The molecule has 1 aliphatic rings. The molecule has 0 aliphatic heterocycles. The van der Waals surface area contributed by atoms with Crippen molar-refractivity contribution < 1.29 is 0 Å². The molecule has 3 heteroatoms. The van der Waals surface area contributed by atoms with Gasteiger partial charge in [-0.1, -0.05) is 211 Å². The second-order valence-electron chi connectivity index (χ2n) is 14.9. The van der Waals surface area contributed by atoms with E-state index in [0.717, 1.165) is 27.8 Å². The van der Waals surface area contributed by atoms with Gasteiger partial charge < -0.3 is 0 Å². The van der Waals surface area contributed by atoms with Crippen LogP contribution in [0.15, 0.2) is 200 Å².